The number of ketones is 1. The van der Waals surface area contributed by atoms with Crippen LogP contribution in [0.3, 0.4) is 0 Å². The number of Topliss-reactive ketones (excluding diaryl/α,β-unsaturated/α-hetero) is 1. The zero-order valence-electron chi connectivity index (χ0n) is 11.1. The minimum Gasteiger partial charge on any atom is -0.492 e. The average molecular weight is 302 g/mol. The summed E-state index contributed by atoms with van der Waals surface area (Å²) in [6.07, 6.45) is 0. The molecule has 0 N–H and O–H groups in total. The predicted octanol–water partition coefficient (Wildman–Crippen LogP) is 2.95. The maximum atomic E-state index is 12.0. The molecular formula is C16H12ClNO3. The Kier molecular flexibility index (Phi) is 3.62. The van der Waals surface area contributed by atoms with Crippen molar-refractivity contribution in [2.45, 2.75) is 0 Å². The smallest absolute Gasteiger partial charge is 0.299 e. The van der Waals surface area contributed by atoms with Gasteiger partial charge in [-0.05, 0) is 24.3 Å². The minimum absolute atomic E-state index is 0.281. The van der Waals surface area contributed by atoms with E-state index in [-0.39, 0.29) is 5.56 Å². The first-order valence-electron chi connectivity index (χ1n) is 6.51. The number of carbonyl (C=O) groups excluding carboxylic acids is 2. The van der Waals surface area contributed by atoms with Gasteiger partial charge in [0.2, 0.25) is 0 Å². The number of amides is 1. The zero-order chi connectivity index (χ0) is 14.8. The first-order chi connectivity index (χ1) is 10.2. The third-order valence-corrected chi connectivity index (χ3v) is 3.59. The van der Waals surface area contributed by atoms with E-state index in [0.29, 0.717) is 23.9 Å². The Morgan fingerprint density at radius 2 is 1.76 bits per heavy atom. The molecule has 0 radical (unpaired) electrons. The highest BCUT2D eigenvalue weighted by Crippen LogP contribution is 2.33. The van der Waals surface area contributed by atoms with E-state index in [1.54, 1.807) is 18.2 Å². The summed E-state index contributed by atoms with van der Waals surface area (Å²) < 4.78 is 5.56. The summed E-state index contributed by atoms with van der Waals surface area (Å²) in [6.45, 7) is 0.599. The second-order valence-corrected chi connectivity index (χ2v) is 4.99. The van der Waals surface area contributed by atoms with E-state index in [2.05, 4.69) is 0 Å². The fourth-order valence-corrected chi connectivity index (χ4v) is 2.55. The van der Waals surface area contributed by atoms with Crippen LogP contribution in [0.4, 0.5) is 5.69 Å². The van der Waals surface area contributed by atoms with Gasteiger partial charge in [0, 0.05) is 0 Å². The van der Waals surface area contributed by atoms with Crippen LogP contribution in [0.5, 0.6) is 5.75 Å². The first-order valence-corrected chi connectivity index (χ1v) is 6.89. The van der Waals surface area contributed by atoms with Gasteiger partial charge >= 0.3 is 0 Å². The molecule has 1 heterocycles. The molecule has 106 valence electrons. The van der Waals surface area contributed by atoms with Crippen LogP contribution in [0.1, 0.15) is 10.4 Å². The van der Waals surface area contributed by atoms with Crippen LogP contribution in [-0.4, -0.2) is 24.8 Å². The van der Waals surface area contributed by atoms with E-state index in [0.717, 1.165) is 5.75 Å². The molecule has 0 atom stereocenters. The van der Waals surface area contributed by atoms with Gasteiger partial charge in [0.1, 0.15) is 12.4 Å². The summed E-state index contributed by atoms with van der Waals surface area (Å²) in [5.74, 6) is -0.396. The van der Waals surface area contributed by atoms with Gasteiger partial charge < -0.3 is 9.64 Å². The van der Waals surface area contributed by atoms with Gasteiger partial charge in [0.05, 0.1) is 22.8 Å². The van der Waals surface area contributed by atoms with Crippen molar-refractivity contribution < 1.29 is 14.3 Å². The average Bonchev–Trinajstić information content (AvgIpc) is 2.74. The number of halogens is 1. The molecule has 2 aromatic carbocycles. The Hall–Kier alpha value is -2.33. The van der Waals surface area contributed by atoms with Crippen molar-refractivity contribution in [1.29, 1.82) is 0 Å². The number of hydrogen-bond donors (Lipinski definition) is 0. The predicted molar refractivity (Wildman–Crippen MR) is 80.1 cm³/mol. The molecule has 4 nitrogen and oxygen atoms in total. The lowest BCUT2D eigenvalue weighted by atomic mass is 10.1. The van der Waals surface area contributed by atoms with E-state index in [4.69, 9.17) is 16.3 Å². The number of fused-ring (bicyclic) bond motifs is 1. The molecule has 1 aliphatic heterocycles. The molecule has 0 fully saturated rings. The van der Waals surface area contributed by atoms with E-state index in [9.17, 15) is 9.59 Å². The second-order valence-electron chi connectivity index (χ2n) is 4.58. The van der Waals surface area contributed by atoms with Crippen molar-refractivity contribution in [3.8, 4) is 5.75 Å². The third-order valence-electron chi connectivity index (χ3n) is 3.28. The summed E-state index contributed by atoms with van der Waals surface area (Å²) in [5, 5.41) is 0.303. The Balaban J connectivity index is 1.74. The molecule has 1 amide bonds. The molecule has 1 aliphatic rings. The van der Waals surface area contributed by atoms with Crippen LogP contribution >= 0.6 is 11.6 Å². The van der Waals surface area contributed by atoms with Crippen molar-refractivity contribution >= 4 is 29.0 Å². The van der Waals surface area contributed by atoms with Gasteiger partial charge in [-0.3, -0.25) is 9.59 Å². The van der Waals surface area contributed by atoms with Gasteiger partial charge in [-0.1, -0.05) is 35.9 Å². The van der Waals surface area contributed by atoms with Crippen LogP contribution in [0.15, 0.2) is 48.5 Å². The molecule has 0 aliphatic carbocycles. The number of anilines is 1. The Morgan fingerprint density at radius 3 is 2.52 bits per heavy atom. The minimum atomic E-state index is -0.560. The van der Waals surface area contributed by atoms with Gasteiger partial charge in [0.15, 0.2) is 0 Å². The molecule has 2 aromatic rings. The lowest BCUT2D eigenvalue weighted by molar-refractivity contribution is -0.114. The number of nitrogens with zero attached hydrogens (tertiary/aromatic N) is 1. The second kappa shape index (κ2) is 5.58. The maximum absolute atomic E-state index is 12.0. The molecular weight excluding hydrogens is 290 g/mol. The fourth-order valence-electron chi connectivity index (χ4n) is 2.29. The molecule has 0 aromatic heterocycles. The standard InChI is InChI=1S/C16H12ClNO3/c17-12-7-4-8-13-14(12)15(19)16(20)18(13)9-10-21-11-5-2-1-3-6-11/h1-8H,9-10H2. The van der Waals surface area contributed by atoms with Crippen LogP contribution in [-0.2, 0) is 4.79 Å². The fraction of sp³-hybridized carbons (Fsp3) is 0.125. The van der Waals surface area contributed by atoms with Crippen molar-refractivity contribution in [2.24, 2.45) is 0 Å². The summed E-state index contributed by atoms with van der Waals surface area (Å²) in [5.41, 5.74) is 0.832. The Labute approximate surface area is 126 Å². The molecule has 0 saturated carbocycles. The van der Waals surface area contributed by atoms with Crippen molar-refractivity contribution in [3.63, 3.8) is 0 Å². The van der Waals surface area contributed by atoms with Crippen LogP contribution in [0, 0.1) is 0 Å². The maximum Gasteiger partial charge on any atom is 0.299 e. The van der Waals surface area contributed by atoms with Gasteiger partial charge in [-0.2, -0.15) is 0 Å². The number of para-hydroxylation sites is 1. The topological polar surface area (TPSA) is 46.6 Å². The summed E-state index contributed by atoms with van der Waals surface area (Å²) in [6, 6.07) is 14.3. The lowest BCUT2D eigenvalue weighted by Gasteiger charge is -2.16. The quantitative estimate of drug-likeness (QED) is 0.816. The highest BCUT2D eigenvalue weighted by Gasteiger charge is 2.37. The van der Waals surface area contributed by atoms with E-state index < -0.39 is 11.7 Å². The van der Waals surface area contributed by atoms with Crippen molar-refractivity contribution in [2.75, 3.05) is 18.1 Å². The Morgan fingerprint density at radius 1 is 1.00 bits per heavy atom. The number of carbonyl (C=O) groups is 2. The van der Waals surface area contributed by atoms with Gasteiger partial charge in [-0.25, -0.2) is 0 Å². The molecule has 3 rings (SSSR count). The number of ether oxygens (including phenoxy) is 1. The van der Waals surface area contributed by atoms with E-state index in [1.807, 2.05) is 30.3 Å². The summed E-state index contributed by atoms with van der Waals surface area (Å²) in [7, 11) is 0. The lowest BCUT2D eigenvalue weighted by Crippen LogP contribution is -2.33. The highest BCUT2D eigenvalue weighted by molar-refractivity contribution is 6.55. The van der Waals surface area contributed by atoms with Crippen molar-refractivity contribution in [1.82, 2.24) is 0 Å². The molecule has 21 heavy (non-hydrogen) atoms. The first kappa shape index (κ1) is 13.6. The van der Waals surface area contributed by atoms with Gasteiger partial charge in [0.25, 0.3) is 11.7 Å². The molecule has 5 heteroatoms. The number of hydrogen-bond acceptors (Lipinski definition) is 3. The monoisotopic (exact) mass is 301 g/mol. The molecule has 0 unspecified atom stereocenters. The molecule has 0 spiro atoms. The highest BCUT2D eigenvalue weighted by atomic mass is 35.5. The largest absolute Gasteiger partial charge is 0.492 e. The number of rotatable bonds is 4. The zero-order valence-corrected chi connectivity index (χ0v) is 11.8. The molecule has 0 saturated heterocycles. The SMILES string of the molecule is O=C1C(=O)N(CCOc2ccccc2)c2cccc(Cl)c21. The Bertz CT molecular complexity index is 700. The van der Waals surface area contributed by atoms with Crippen LogP contribution in [0.25, 0.3) is 0 Å². The van der Waals surface area contributed by atoms with Gasteiger partial charge in [-0.15, -0.1) is 0 Å². The summed E-state index contributed by atoms with van der Waals surface area (Å²) >= 11 is 5.99. The molecule has 0 bridgehead atoms. The van der Waals surface area contributed by atoms with E-state index >= 15 is 0 Å². The normalized spacial score (nSPS) is 13.5. The third kappa shape index (κ3) is 2.50. The van der Waals surface area contributed by atoms with Crippen LogP contribution < -0.4 is 9.64 Å². The van der Waals surface area contributed by atoms with Crippen LogP contribution in [0.2, 0.25) is 5.02 Å². The summed E-state index contributed by atoms with van der Waals surface area (Å²) in [4.78, 5) is 25.4. The number of benzene rings is 2. The van der Waals surface area contributed by atoms with Crippen molar-refractivity contribution in [3.05, 3.63) is 59.1 Å². The van der Waals surface area contributed by atoms with E-state index in [1.165, 1.54) is 4.90 Å².